The number of aryl methyl sites for hydroxylation is 2. The van der Waals surface area contributed by atoms with Crippen LogP contribution in [0.3, 0.4) is 0 Å². The molecule has 5 heterocycles. The largest absolute Gasteiger partial charge is 0.387 e. The summed E-state index contributed by atoms with van der Waals surface area (Å²) in [6.07, 6.45) is -0.279. The van der Waals surface area contributed by atoms with Gasteiger partial charge >= 0.3 is 0 Å². The highest BCUT2D eigenvalue weighted by molar-refractivity contribution is 5.85. The molecule has 5 rings (SSSR count). The zero-order chi connectivity index (χ0) is 25.4. The Kier molecular flexibility index (Phi) is 6.31. The van der Waals surface area contributed by atoms with Crippen LogP contribution in [-0.2, 0) is 16.1 Å². The first-order valence-corrected chi connectivity index (χ1v) is 11.4. The summed E-state index contributed by atoms with van der Waals surface area (Å²) in [6.45, 7) is 4.24. The molecule has 36 heavy (non-hydrogen) atoms. The van der Waals surface area contributed by atoms with E-state index < -0.39 is 30.4 Å². The van der Waals surface area contributed by atoms with E-state index in [9.17, 15) is 15.0 Å². The predicted molar refractivity (Wildman–Crippen MR) is 130 cm³/mol. The molecule has 4 aromatic rings. The number of fused-ring (bicyclic) bond motifs is 1. The molecule has 1 aliphatic rings. The molecular weight excluding hydrogens is 464 g/mol. The van der Waals surface area contributed by atoms with Crippen molar-refractivity contribution in [3.8, 4) is 11.4 Å². The van der Waals surface area contributed by atoms with E-state index in [1.165, 1.54) is 17.9 Å². The number of nitrogens with one attached hydrogen (secondary N) is 2. The number of amides is 1. The van der Waals surface area contributed by atoms with Gasteiger partial charge in [0.15, 0.2) is 35.1 Å². The van der Waals surface area contributed by atoms with Crippen LogP contribution in [0.2, 0.25) is 0 Å². The monoisotopic (exact) mass is 490 g/mol. The number of nitrogens with zero attached hydrogens (tertiary/aromatic N) is 6. The third kappa shape index (κ3) is 4.37. The highest BCUT2D eigenvalue weighted by atomic mass is 16.6. The van der Waals surface area contributed by atoms with E-state index >= 15 is 0 Å². The van der Waals surface area contributed by atoms with Crippen molar-refractivity contribution < 1.29 is 19.7 Å². The first-order valence-electron chi connectivity index (χ1n) is 11.4. The van der Waals surface area contributed by atoms with Crippen LogP contribution in [0.15, 0.2) is 43.0 Å². The molecular formula is C24H26N8O4. The van der Waals surface area contributed by atoms with Gasteiger partial charge in [0, 0.05) is 30.7 Å². The zero-order valence-electron chi connectivity index (χ0n) is 20.0. The van der Waals surface area contributed by atoms with Crippen LogP contribution in [0.1, 0.15) is 23.2 Å². The number of aliphatic hydroxyl groups excluding tert-OH is 2. The van der Waals surface area contributed by atoms with Crippen molar-refractivity contribution >= 4 is 22.9 Å². The maximum atomic E-state index is 12.1. The molecule has 0 aliphatic carbocycles. The summed E-state index contributed by atoms with van der Waals surface area (Å²) in [4.78, 5) is 34.8. The van der Waals surface area contributed by atoms with Gasteiger partial charge in [-0.1, -0.05) is 6.07 Å². The van der Waals surface area contributed by atoms with Gasteiger partial charge in [0.1, 0.15) is 12.2 Å². The fraction of sp³-hybridized carbons (Fsp3) is 0.333. The van der Waals surface area contributed by atoms with E-state index in [0.29, 0.717) is 34.9 Å². The van der Waals surface area contributed by atoms with Gasteiger partial charge in [-0.05, 0) is 37.6 Å². The van der Waals surface area contributed by atoms with Gasteiger partial charge in [-0.15, -0.1) is 0 Å². The molecule has 1 fully saturated rings. The molecule has 0 spiro atoms. The summed E-state index contributed by atoms with van der Waals surface area (Å²) < 4.78 is 7.24. The second-order valence-electron chi connectivity index (χ2n) is 8.64. The molecule has 1 aliphatic heterocycles. The van der Waals surface area contributed by atoms with Crippen molar-refractivity contribution in [2.75, 3.05) is 12.4 Å². The third-order valence-corrected chi connectivity index (χ3v) is 5.95. The fourth-order valence-electron chi connectivity index (χ4n) is 4.15. The van der Waals surface area contributed by atoms with Crippen LogP contribution in [0.5, 0.6) is 0 Å². The van der Waals surface area contributed by atoms with Gasteiger partial charge in [0.25, 0.3) is 5.91 Å². The van der Waals surface area contributed by atoms with Crippen LogP contribution >= 0.6 is 0 Å². The van der Waals surface area contributed by atoms with Crippen LogP contribution in [0.25, 0.3) is 22.6 Å². The number of hydrogen-bond acceptors (Lipinski definition) is 10. The maximum Gasteiger partial charge on any atom is 0.251 e. The summed E-state index contributed by atoms with van der Waals surface area (Å²) in [5, 5.41) is 26.8. The van der Waals surface area contributed by atoms with Crippen molar-refractivity contribution in [3.05, 3.63) is 59.9 Å². The van der Waals surface area contributed by atoms with E-state index in [1.54, 1.807) is 12.4 Å². The number of likely N-dealkylation sites (N-methyl/N-ethyl adjacent to an activating group) is 1. The van der Waals surface area contributed by atoms with Crippen LogP contribution in [-0.4, -0.2) is 71.0 Å². The van der Waals surface area contributed by atoms with E-state index in [4.69, 9.17) is 14.7 Å². The molecule has 3 unspecified atom stereocenters. The van der Waals surface area contributed by atoms with Crippen molar-refractivity contribution in [1.29, 1.82) is 0 Å². The molecule has 4 atom stereocenters. The summed E-state index contributed by atoms with van der Waals surface area (Å²) in [6, 6.07) is 7.67. The minimum absolute atomic E-state index is 0.356. The first kappa shape index (κ1) is 23.7. The van der Waals surface area contributed by atoms with Crippen LogP contribution in [0.4, 0.5) is 5.82 Å². The molecule has 12 heteroatoms. The quantitative estimate of drug-likeness (QED) is 0.305. The highest BCUT2D eigenvalue weighted by Gasteiger charge is 2.47. The SMILES string of the molecule is CNC(=O)[C@@H]1OC(n2cnc3c(NCc4cccc(C)n4)nc(-c4cncc(C)c4)nc32)C(O)C1O. The lowest BCUT2D eigenvalue weighted by molar-refractivity contribution is -0.137. The minimum atomic E-state index is -1.42. The number of pyridine rings is 2. The second kappa shape index (κ2) is 9.57. The van der Waals surface area contributed by atoms with Gasteiger partial charge in [-0.25, -0.2) is 15.0 Å². The Morgan fingerprint density at radius 3 is 2.72 bits per heavy atom. The molecule has 0 saturated carbocycles. The molecule has 0 aromatic carbocycles. The van der Waals surface area contributed by atoms with Gasteiger partial charge in [-0.3, -0.25) is 19.3 Å². The molecule has 12 nitrogen and oxygen atoms in total. The Morgan fingerprint density at radius 2 is 1.97 bits per heavy atom. The molecule has 4 aromatic heterocycles. The first-order chi connectivity index (χ1) is 17.4. The highest BCUT2D eigenvalue weighted by Crippen LogP contribution is 2.33. The summed E-state index contributed by atoms with van der Waals surface area (Å²) >= 11 is 0. The van der Waals surface area contributed by atoms with Gasteiger partial charge in [0.05, 0.1) is 18.6 Å². The van der Waals surface area contributed by atoms with Crippen molar-refractivity contribution in [2.24, 2.45) is 0 Å². The Balaban J connectivity index is 1.58. The zero-order valence-corrected chi connectivity index (χ0v) is 20.0. The standard InChI is InChI=1S/C24H26N8O4/c1-12-7-14(9-26-8-12)20-30-21(27-10-15-6-4-5-13(2)29-15)16-22(31-20)32(11-28-16)24-18(34)17(33)19(36-24)23(35)25-3/h4-9,11,17-19,24,33-34H,10H2,1-3H3,(H,25,35)(H,27,30,31)/t17?,18?,19-,24?/m1/s1. The Labute approximate surface area is 206 Å². The smallest absolute Gasteiger partial charge is 0.251 e. The van der Waals surface area contributed by atoms with Crippen molar-refractivity contribution in [2.45, 2.75) is 44.9 Å². The number of anilines is 1. The number of imidazole rings is 1. The average Bonchev–Trinajstić information content (AvgIpc) is 3.43. The van der Waals surface area contributed by atoms with E-state index in [1.807, 2.05) is 38.1 Å². The summed E-state index contributed by atoms with van der Waals surface area (Å²) in [7, 11) is 1.43. The molecule has 1 saturated heterocycles. The number of hydrogen-bond donors (Lipinski definition) is 4. The number of carbonyl (C=O) groups excluding carboxylic acids is 1. The lowest BCUT2D eigenvalue weighted by atomic mass is 10.1. The van der Waals surface area contributed by atoms with E-state index in [2.05, 4.69) is 25.6 Å². The number of ether oxygens (including phenoxy) is 1. The summed E-state index contributed by atoms with van der Waals surface area (Å²) in [5.41, 5.74) is 4.14. The normalized spacial score (nSPS) is 21.6. The number of aliphatic hydroxyl groups is 2. The Bertz CT molecular complexity index is 1420. The van der Waals surface area contributed by atoms with Gasteiger partial charge in [-0.2, -0.15) is 0 Å². The fourth-order valence-corrected chi connectivity index (χ4v) is 4.15. The molecule has 0 bridgehead atoms. The minimum Gasteiger partial charge on any atom is -0.387 e. The third-order valence-electron chi connectivity index (χ3n) is 5.95. The van der Waals surface area contributed by atoms with Crippen molar-refractivity contribution in [1.82, 2.24) is 34.8 Å². The average molecular weight is 491 g/mol. The number of aromatic nitrogens is 6. The van der Waals surface area contributed by atoms with E-state index in [0.717, 1.165) is 17.0 Å². The van der Waals surface area contributed by atoms with Crippen LogP contribution < -0.4 is 10.6 Å². The van der Waals surface area contributed by atoms with Crippen LogP contribution in [0, 0.1) is 13.8 Å². The van der Waals surface area contributed by atoms with Gasteiger partial charge in [0.2, 0.25) is 0 Å². The van der Waals surface area contributed by atoms with Crippen molar-refractivity contribution in [3.63, 3.8) is 0 Å². The predicted octanol–water partition coefficient (Wildman–Crippen LogP) is 0.877. The molecule has 1 amide bonds. The molecule has 0 radical (unpaired) electrons. The summed E-state index contributed by atoms with van der Waals surface area (Å²) in [5.74, 6) is 0.299. The Hall–Kier alpha value is -4.00. The maximum absolute atomic E-state index is 12.1. The van der Waals surface area contributed by atoms with Gasteiger partial charge < -0.3 is 25.6 Å². The lowest BCUT2D eigenvalue weighted by Gasteiger charge is -2.17. The number of rotatable bonds is 6. The lowest BCUT2D eigenvalue weighted by Crippen LogP contribution is -2.41. The molecule has 4 N–H and O–H groups in total. The second-order valence-corrected chi connectivity index (χ2v) is 8.64. The number of carbonyl (C=O) groups is 1. The topological polar surface area (TPSA) is 160 Å². The molecule has 186 valence electrons. The van der Waals surface area contributed by atoms with E-state index in [-0.39, 0.29) is 0 Å². The Morgan fingerprint density at radius 1 is 1.14 bits per heavy atom.